The van der Waals surface area contributed by atoms with E-state index in [0.717, 1.165) is 31.9 Å². The van der Waals surface area contributed by atoms with Gasteiger partial charge in [0.05, 0.1) is 25.7 Å². The zero-order chi connectivity index (χ0) is 16.8. The van der Waals surface area contributed by atoms with Crippen LogP contribution in [-0.4, -0.2) is 43.7 Å². The molecule has 1 N–H and O–H groups in total. The van der Waals surface area contributed by atoms with Gasteiger partial charge in [0.1, 0.15) is 5.82 Å². The number of thiophene rings is 1. The molecule has 128 valence electrons. The van der Waals surface area contributed by atoms with Gasteiger partial charge in [-0.1, -0.05) is 12.1 Å². The Labute approximate surface area is 145 Å². The van der Waals surface area contributed by atoms with Gasteiger partial charge in [-0.3, -0.25) is 9.69 Å². The molecular formula is C18H21FN2O2S. The third-order valence-electron chi connectivity index (χ3n) is 4.18. The highest BCUT2D eigenvalue weighted by atomic mass is 32.1. The summed E-state index contributed by atoms with van der Waals surface area (Å²) in [4.78, 5) is 14.6. The third kappa shape index (κ3) is 4.63. The van der Waals surface area contributed by atoms with Crippen LogP contribution in [0.4, 0.5) is 4.39 Å². The minimum Gasteiger partial charge on any atom is -0.379 e. The van der Waals surface area contributed by atoms with E-state index in [0.29, 0.717) is 6.54 Å². The molecule has 1 amide bonds. The zero-order valence-electron chi connectivity index (χ0n) is 13.4. The van der Waals surface area contributed by atoms with Gasteiger partial charge in [-0.15, -0.1) is 0 Å². The Morgan fingerprint density at radius 1 is 1.25 bits per heavy atom. The molecule has 24 heavy (non-hydrogen) atoms. The van der Waals surface area contributed by atoms with Gasteiger partial charge in [0.2, 0.25) is 5.91 Å². The van der Waals surface area contributed by atoms with Gasteiger partial charge < -0.3 is 10.1 Å². The largest absolute Gasteiger partial charge is 0.379 e. The highest BCUT2D eigenvalue weighted by Crippen LogP contribution is 2.23. The topological polar surface area (TPSA) is 41.6 Å². The minimum absolute atomic E-state index is 0.0462. The van der Waals surface area contributed by atoms with Crippen LogP contribution in [-0.2, 0) is 16.0 Å². The molecule has 2 aromatic rings. The van der Waals surface area contributed by atoms with Crippen molar-refractivity contribution in [3.8, 4) is 0 Å². The zero-order valence-corrected chi connectivity index (χ0v) is 14.2. The summed E-state index contributed by atoms with van der Waals surface area (Å²) in [7, 11) is 0. The molecule has 1 aliphatic heterocycles. The van der Waals surface area contributed by atoms with Crippen molar-refractivity contribution in [1.29, 1.82) is 0 Å². The maximum Gasteiger partial charge on any atom is 0.224 e. The second kappa shape index (κ2) is 8.37. The molecule has 1 unspecified atom stereocenters. The van der Waals surface area contributed by atoms with Gasteiger partial charge in [0, 0.05) is 19.6 Å². The highest BCUT2D eigenvalue weighted by molar-refractivity contribution is 7.07. The maximum atomic E-state index is 12.9. The van der Waals surface area contributed by atoms with E-state index in [1.54, 1.807) is 23.5 Å². The summed E-state index contributed by atoms with van der Waals surface area (Å²) in [5.41, 5.74) is 2.04. The molecule has 1 atom stereocenters. The average Bonchev–Trinajstić information content (AvgIpc) is 3.12. The van der Waals surface area contributed by atoms with Crippen LogP contribution in [0.25, 0.3) is 0 Å². The predicted molar refractivity (Wildman–Crippen MR) is 92.6 cm³/mol. The van der Waals surface area contributed by atoms with E-state index in [4.69, 9.17) is 4.74 Å². The SMILES string of the molecule is O=C(Cc1ccc(F)cc1)NCC(c1ccsc1)N1CCOCC1. The number of ether oxygens (including phenoxy) is 1. The van der Waals surface area contributed by atoms with Crippen LogP contribution in [0.2, 0.25) is 0 Å². The van der Waals surface area contributed by atoms with E-state index < -0.39 is 0 Å². The molecular weight excluding hydrogens is 327 g/mol. The number of benzene rings is 1. The number of nitrogens with one attached hydrogen (secondary N) is 1. The number of morpholine rings is 1. The lowest BCUT2D eigenvalue weighted by Crippen LogP contribution is -2.43. The Kier molecular flexibility index (Phi) is 5.96. The van der Waals surface area contributed by atoms with Gasteiger partial charge in [-0.05, 0) is 40.1 Å². The molecule has 4 nitrogen and oxygen atoms in total. The van der Waals surface area contributed by atoms with Crippen LogP contribution < -0.4 is 5.32 Å². The Bertz CT molecular complexity index is 640. The Morgan fingerprint density at radius 2 is 2.00 bits per heavy atom. The number of carbonyl (C=O) groups excluding carboxylic acids is 1. The lowest BCUT2D eigenvalue weighted by Gasteiger charge is -2.34. The third-order valence-corrected chi connectivity index (χ3v) is 4.89. The van der Waals surface area contributed by atoms with Crippen LogP contribution in [0.15, 0.2) is 41.1 Å². The van der Waals surface area contributed by atoms with Crippen molar-refractivity contribution in [2.75, 3.05) is 32.8 Å². The summed E-state index contributed by atoms with van der Waals surface area (Å²) in [6, 6.07) is 8.32. The van der Waals surface area contributed by atoms with Crippen LogP contribution in [0, 0.1) is 5.82 Å². The second-order valence-corrected chi connectivity index (χ2v) is 6.61. The van der Waals surface area contributed by atoms with Crippen LogP contribution in [0.3, 0.4) is 0 Å². The number of nitrogens with zero attached hydrogens (tertiary/aromatic N) is 1. The standard InChI is InChI=1S/C18H21FN2O2S/c19-16-3-1-14(2-4-16)11-18(22)20-12-17(15-5-10-24-13-15)21-6-8-23-9-7-21/h1-5,10,13,17H,6-9,11-12H2,(H,20,22). The van der Waals surface area contributed by atoms with Gasteiger partial charge in [0.25, 0.3) is 0 Å². The summed E-state index contributed by atoms with van der Waals surface area (Å²) >= 11 is 1.66. The Morgan fingerprint density at radius 3 is 2.67 bits per heavy atom. The molecule has 1 saturated heterocycles. The van der Waals surface area contributed by atoms with Crippen molar-refractivity contribution in [3.63, 3.8) is 0 Å². The number of amides is 1. The first-order valence-corrected chi connectivity index (χ1v) is 9.01. The fourth-order valence-corrected chi connectivity index (χ4v) is 3.58. The molecule has 2 heterocycles. The molecule has 1 aromatic heterocycles. The van der Waals surface area contributed by atoms with E-state index in [1.165, 1.54) is 17.7 Å². The number of halogens is 1. The van der Waals surface area contributed by atoms with Gasteiger partial charge in [-0.25, -0.2) is 4.39 Å². The monoisotopic (exact) mass is 348 g/mol. The second-order valence-electron chi connectivity index (χ2n) is 5.83. The van der Waals surface area contributed by atoms with Crippen molar-refractivity contribution >= 4 is 17.2 Å². The first-order chi connectivity index (χ1) is 11.7. The van der Waals surface area contributed by atoms with E-state index in [-0.39, 0.29) is 24.2 Å². The van der Waals surface area contributed by atoms with Crippen molar-refractivity contribution in [2.24, 2.45) is 0 Å². The van der Waals surface area contributed by atoms with Crippen molar-refractivity contribution in [3.05, 3.63) is 58.0 Å². The fraction of sp³-hybridized carbons (Fsp3) is 0.389. The first kappa shape index (κ1) is 17.1. The number of hydrogen-bond donors (Lipinski definition) is 1. The summed E-state index contributed by atoms with van der Waals surface area (Å²) in [5, 5.41) is 7.21. The number of hydrogen-bond acceptors (Lipinski definition) is 4. The predicted octanol–water partition coefficient (Wildman–Crippen LogP) is 2.62. The number of carbonyl (C=O) groups is 1. The van der Waals surface area contributed by atoms with Crippen molar-refractivity contribution < 1.29 is 13.9 Å². The maximum absolute atomic E-state index is 12.9. The molecule has 0 radical (unpaired) electrons. The molecule has 6 heteroatoms. The first-order valence-electron chi connectivity index (χ1n) is 8.07. The molecule has 1 aromatic carbocycles. The quantitative estimate of drug-likeness (QED) is 0.873. The van der Waals surface area contributed by atoms with E-state index >= 15 is 0 Å². The number of rotatable bonds is 6. The van der Waals surface area contributed by atoms with Crippen molar-refractivity contribution in [1.82, 2.24) is 10.2 Å². The highest BCUT2D eigenvalue weighted by Gasteiger charge is 2.23. The summed E-state index contributed by atoms with van der Waals surface area (Å²) < 4.78 is 18.4. The lowest BCUT2D eigenvalue weighted by molar-refractivity contribution is -0.120. The van der Waals surface area contributed by atoms with Gasteiger partial charge in [-0.2, -0.15) is 11.3 Å². The van der Waals surface area contributed by atoms with Crippen LogP contribution in [0.1, 0.15) is 17.2 Å². The molecule has 0 saturated carbocycles. The summed E-state index contributed by atoms with van der Waals surface area (Å²) in [6.07, 6.45) is 0.264. The molecule has 1 fully saturated rings. The van der Waals surface area contributed by atoms with E-state index in [2.05, 4.69) is 27.0 Å². The van der Waals surface area contributed by atoms with Gasteiger partial charge in [0.15, 0.2) is 0 Å². The normalized spacial score (nSPS) is 16.7. The Balaban J connectivity index is 1.58. The van der Waals surface area contributed by atoms with Gasteiger partial charge >= 0.3 is 0 Å². The average molecular weight is 348 g/mol. The van der Waals surface area contributed by atoms with Crippen LogP contribution >= 0.6 is 11.3 Å². The molecule has 0 spiro atoms. The Hall–Kier alpha value is -1.76. The minimum atomic E-state index is -0.288. The molecule has 1 aliphatic rings. The molecule has 0 bridgehead atoms. The molecule has 3 rings (SSSR count). The smallest absolute Gasteiger partial charge is 0.224 e. The molecule has 0 aliphatic carbocycles. The van der Waals surface area contributed by atoms with Crippen molar-refractivity contribution in [2.45, 2.75) is 12.5 Å². The van der Waals surface area contributed by atoms with E-state index in [9.17, 15) is 9.18 Å². The summed E-state index contributed by atoms with van der Waals surface area (Å²) in [5.74, 6) is -0.334. The van der Waals surface area contributed by atoms with E-state index in [1.807, 2.05) is 0 Å². The summed E-state index contributed by atoms with van der Waals surface area (Å²) in [6.45, 7) is 3.76. The fourth-order valence-electron chi connectivity index (χ4n) is 2.87. The lowest BCUT2D eigenvalue weighted by atomic mass is 10.1. The van der Waals surface area contributed by atoms with Crippen LogP contribution in [0.5, 0.6) is 0 Å².